The van der Waals surface area contributed by atoms with Crippen LogP contribution in [0.3, 0.4) is 0 Å². The third-order valence-electron chi connectivity index (χ3n) is 6.82. The number of H-pyrrole nitrogens is 1. The number of benzene rings is 2. The third kappa shape index (κ3) is 3.66. The van der Waals surface area contributed by atoms with Crippen LogP contribution in [-0.2, 0) is 0 Å². The number of hydrogen-bond donors (Lipinski definition) is 3. The summed E-state index contributed by atoms with van der Waals surface area (Å²) in [6, 6.07) is 20.6. The van der Waals surface area contributed by atoms with Gasteiger partial charge in [0.1, 0.15) is 11.2 Å². The third-order valence-corrected chi connectivity index (χ3v) is 8.28. The van der Waals surface area contributed by atoms with E-state index >= 15 is 0 Å². The first kappa shape index (κ1) is 20.1. The van der Waals surface area contributed by atoms with Crippen LogP contribution in [0.4, 0.5) is 5.82 Å². The summed E-state index contributed by atoms with van der Waals surface area (Å²) in [6.45, 7) is 2.19. The predicted molar refractivity (Wildman–Crippen MR) is 133 cm³/mol. The summed E-state index contributed by atoms with van der Waals surface area (Å²) in [5, 5.41) is 7.86. The molecule has 3 N–H and O–H groups in total. The lowest BCUT2D eigenvalue weighted by atomic mass is 10.0. The van der Waals surface area contributed by atoms with Crippen molar-refractivity contribution in [3.63, 3.8) is 0 Å². The van der Waals surface area contributed by atoms with Gasteiger partial charge in [0.05, 0.1) is 18.2 Å². The molecule has 5 nitrogen and oxygen atoms in total. The Labute approximate surface area is 193 Å². The number of hydrogen-bond acceptors (Lipinski definition) is 5. The first-order valence-electron chi connectivity index (χ1n) is 11.7. The van der Waals surface area contributed by atoms with Crippen LogP contribution in [0.2, 0.25) is 0 Å². The number of imidazole rings is 1. The van der Waals surface area contributed by atoms with E-state index in [2.05, 4.69) is 80.1 Å². The molecular weight excluding hydrogens is 414 g/mol. The van der Waals surface area contributed by atoms with Gasteiger partial charge in [-0.15, -0.1) is 0 Å². The Hall–Kier alpha value is -2.54. The maximum Gasteiger partial charge on any atom is 0.131 e. The molecule has 3 aliphatic heterocycles. The smallest absolute Gasteiger partial charge is 0.131 e. The first-order valence-corrected chi connectivity index (χ1v) is 12.6. The molecule has 3 aliphatic rings. The molecule has 1 unspecified atom stereocenters. The fourth-order valence-electron chi connectivity index (χ4n) is 5.25. The summed E-state index contributed by atoms with van der Waals surface area (Å²) in [6.07, 6.45) is 8.63. The standard InChI is InChI=1S/C26H29N5S/c1-2-6-18(7-3-1)19-10-12-20(13-11-19)25-24(21-8-4-14-28-21)31(23-16-27-17-30-23)26(32-25)22-9-5-15-29-22/h1-3,6-7,10-13,16-17,21-22,26,28-29H,4-5,8-9,14-15H2,(H,27,30)/t21-,22-,26?/m0/s1. The number of aromatic amines is 1. The van der Waals surface area contributed by atoms with E-state index in [4.69, 9.17) is 0 Å². The lowest BCUT2D eigenvalue weighted by molar-refractivity contribution is 0.554. The van der Waals surface area contributed by atoms with Crippen LogP contribution in [0, 0.1) is 0 Å². The fourth-order valence-corrected chi connectivity index (χ4v) is 6.85. The zero-order chi connectivity index (χ0) is 21.3. The molecule has 6 heteroatoms. The second-order valence-corrected chi connectivity index (χ2v) is 9.95. The van der Waals surface area contributed by atoms with E-state index in [0.717, 1.165) is 18.9 Å². The van der Waals surface area contributed by atoms with Crippen molar-refractivity contribution in [2.45, 2.75) is 43.1 Å². The maximum absolute atomic E-state index is 4.36. The number of thioether (sulfide) groups is 1. The molecule has 4 heterocycles. The second-order valence-electron chi connectivity index (χ2n) is 8.82. The van der Waals surface area contributed by atoms with Gasteiger partial charge in [-0.2, -0.15) is 0 Å². The van der Waals surface area contributed by atoms with Crippen molar-refractivity contribution in [1.29, 1.82) is 0 Å². The van der Waals surface area contributed by atoms with Crippen LogP contribution in [0.5, 0.6) is 0 Å². The minimum absolute atomic E-state index is 0.333. The van der Waals surface area contributed by atoms with E-state index in [0.29, 0.717) is 17.5 Å². The van der Waals surface area contributed by atoms with Crippen molar-refractivity contribution in [1.82, 2.24) is 20.6 Å². The van der Waals surface area contributed by atoms with Crippen molar-refractivity contribution < 1.29 is 0 Å². The van der Waals surface area contributed by atoms with Gasteiger partial charge in [0.15, 0.2) is 0 Å². The zero-order valence-corrected chi connectivity index (χ0v) is 18.9. The van der Waals surface area contributed by atoms with E-state index in [1.807, 2.05) is 18.0 Å². The Morgan fingerprint density at radius 1 is 0.844 bits per heavy atom. The average Bonchev–Trinajstić information content (AvgIpc) is 3.64. The van der Waals surface area contributed by atoms with Crippen LogP contribution in [0.15, 0.2) is 72.8 Å². The summed E-state index contributed by atoms with van der Waals surface area (Å²) in [5.74, 6) is 1.09. The summed E-state index contributed by atoms with van der Waals surface area (Å²) in [7, 11) is 0. The van der Waals surface area contributed by atoms with Gasteiger partial charge in [-0.3, -0.25) is 0 Å². The van der Waals surface area contributed by atoms with Gasteiger partial charge in [-0.25, -0.2) is 4.98 Å². The highest BCUT2D eigenvalue weighted by Gasteiger charge is 2.43. The van der Waals surface area contributed by atoms with Gasteiger partial charge >= 0.3 is 0 Å². The molecule has 2 fully saturated rings. The molecule has 3 atom stereocenters. The number of aromatic nitrogens is 2. The van der Waals surface area contributed by atoms with E-state index in [1.54, 1.807) is 6.33 Å². The van der Waals surface area contributed by atoms with Crippen LogP contribution < -0.4 is 15.5 Å². The van der Waals surface area contributed by atoms with Gasteiger partial charge in [0.25, 0.3) is 0 Å². The van der Waals surface area contributed by atoms with E-state index < -0.39 is 0 Å². The monoisotopic (exact) mass is 443 g/mol. The quantitative estimate of drug-likeness (QED) is 0.527. The van der Waals surface area contributed by atoms with Crippen molar-refractivity contribution in [2.75, 3.05) is 18.0 Å². The largest absolute Gasteiger partial charge is 0.331 e. The molecule has 0 amide bonds. The molecular formula is C26H29N5S. The highest BCUT2D eigenvalue weighted by molar-refractivity contribution is 8.09. The van der Waals surface area contributed by atoms with Crippen LogP contribution in [0.25, 0.3) is 16.0 Å². The topological polar surface area (TPSA) is 56.0 Å². The molecule has 1 aromatic heterocycles. The molecule has 0 bridgehead atoms. The van der Waals surface area contributed by atoms with Crippen molar-refractivity contribution >= 4 is 22.5 Å². The van der Waals surface area contributed by atoms with Crippen LogP contribution >= 0.6 is 11.8 Å². The number of nitrogens with zero attached hydrogens (tertiary/aromatic N) is 2. The molecule has 2 aromatic carbocycles. The Balaban J connectivity index is 1.42. The van der Waals surface area contributed by atoms with Crippen molar-refractivity contribution in [3.05, 3.63) is 78.4 Å². The van der Waals surface area contributed by atoms with Crippen LogP contribution in [0.1, 0.15) is 31.2 Å². The fraction of sp³-hybridized carbons (Fsp3) is 0.346. The minimum atomic E-state index is 0.333. The molecule has 3 aromatic rings. The number of anilines is 1. The first-order chi connectivity index (χ1) is 15.9. The molecule has 6 rings (SSSR count). The summed E-state index contributed by atoms with van der Waals surface area (Å²) in [4.78, 5) is 11.7. The highest BCUT2D eigenvalue weighted by atomic mass is 32.2. The van der Waals surface area contributed by atoms with Gasteiger partial charge in [0.2, 0.25) is 0 Å². The normalized spacial score (nSPS) is 25.8. The summed E-state index contributed by atoms with van der Waals surface area (Å²) < 4.78 is 0. The second kappa shape index (κ2) is 8.77. The molecule has 32 heavy (non-hydrogen) atoms. The maximum atomic E-state index is 4.36. The molecule has 0 radical (unpaired) electrons. The number of rotatable bonds is 5. The SMILES string of the molecule is c1ccc(-c2ccc(C3=C([C@@H]4CCCN4)N(c4cnc[nH]4)C([C@@H]4CCCN4)S3)cc2)cc1. The molecule has 0 aliphatic carbocycles. The Morgan fingerprint density at radius 2 is 1.59 bits per heavy atom. The van der Waals surface area contributed by atoms with Gasteiger partial charge in [0, 0.05) is 17.0 Å². The molecule has 0 saturated carbocycles. The summed E-state index contributed by atoms with van der Waals surface area (Å²) >= 11 is 2.02. The average molecular weight is 444 g/mol. The number of nitrogens with one attached hydrogen (secondary N) is 3. The van der Waals surface area contributed by atoms with Gasteiger partial charge in [-0.05, 0) is 55.5 Å². The van der Waals surface area contributed by atoms with Crippen LogP contribution in [-0.4, -0.2) is 40.5 Å². The highest BCUT2D eigenvalue weighted by Crippen LogP contribution is 2.50. The predicted octanol–water partition coefficient (Wildman–Crippen LogP) is 4.83. The summed E-state index contributed by atoms with van der Waals surface area (Å²) in [5.41, 5.74) is 5.24. The molecule has 2 saturated heterocycles. The Morgan fingerprint density at radius 3 is 2.28 bits per heavy atom. The van der Waals surface area contributed by atoms with Crippen molar-refractivity contribution in [2.24, 2.45) is 0 Å². The van der Waals surface area contributed by atoms with Gasteiger partial charge < -0.3 is 20.5 Å². The minimum Gasteiger partial charge on any atom is -0.331 e. The lowest BCUT2D eigenvalue weighted by Crippen LogP contribution is -2.46. The Kier molecular flexibility index (Phi) is 5.51. The van der Waals surface area contributed by atoms with Gasteiger partial charge in [-0.1, -0.05) is 66.4 Å². The lowest BCUT2D eigenvalue weighted by Gasteiger charge is -2.33. The van der Waals surface area contributed by atoms with E-state index in [1.165, 1.54) is 53.0 Å². The van der Waals surface area contributed by atoms with E-state index in [9.17, 15) is 0 Å². The van der Waals surface area contributed by atoms with E-state index in [-0.39, 0.29) is 0 Å². The molecule has 0 spiro atoms. The van der Waals surface area contributed by atoms with Crippen molar-refractivity contribution in [3.8, 4) is 11.1 Å². The Bertz CT molecular complexity index is 1070. The molecule has 164 valence electrons. The zero-order valence-electron chi connectivity index (χ0n) is 18.1.